The Bertz CT molecular complexity index is 2100. The van der Waals surface area contributed by atoms with Crippen LogP contribution in [0.1, 0.15) is 52.8 Å². The van der Waals surface area contributed by atoms with Crippen LogP contribution in [0.5, 0.6) is 0 Å². The van der Waals surface area contributed by atoms with Crippen LogP contribution < -0.4 is 10.6 Å². The molecule has 12 heteroatoms. The molecule has 2 N–H and O–H groups in total. The van der Waals surface area contributed by atoms with Gasteiger partial charge in [0.2, 0.25) is 11.8 Å². The van der Waals surface area contributed by atoms with Crippen molar-refractivity contribution in [1.82, 2.24) is 34.9 Å². The molecule has 1 aliphatic heterocycles. The first kappa shape index (κ1) is 32.7. The minimum absolute atomic E-state index is 0.0982. The molecule has 250 valence electrons. The first-order valence-corrected chi connectivity index (χ1v) is 17.1. The smallest absolute Gasteiger partial charge is 0.248 e. The number of aryl methyl sites for hydroxylation is 3. The lowest BCUT2D eigenvalue weighted by Crippen LogP contribution is -2.47. The SMILES string of the molecule is CC(=O)c1nn(CC(=O)N2[C@H](C(=O)Nc3nc(Br)ccc3C)C[C@@]3(CNCc4ccccc4)C[C@@H]23)c2c(C)cc(-c3cnc(C)nc3)cc12. The van der Waals surface area contributed by atoms with Crippen LogP contribution in [-0.4, -0.2) is 65.9 Å². The molecule has 11 nitrogen and oxygen atoms in total. The fourth-order valence-corrected chi connectivity index (χ4v) is 7.48. The lowest BCUT2D eigenvalue weighted by atomic mass is 9.98. The number of ketones is 1. The van der Waals surface area contributed by atoms with Gasteiger partial charge in [-0.3, -0.25) is 19.1 Å². The molecule has 0 unspecified atom stereocenters. The van der Waals surface area contributed by atoms with Crippen LogP contribution in [-0.2, 0) is 22.7 Å². The number of pyridine rings is 1. The molecule has 1 aliphatic carbocycles. The number of nitrogens with one attached hydrogen (secondary N) is 2. The van der Waals surface area contributed by atoms with Gasteiger partial charge < -0.3 is 15.5 Å². The summed E-state index contributed by atoms with van der Waals surface area (Å²) in [6.07, 6.45) is 4.84. The van der Waals surface area contributed by atoms with E-state index in [0.717, 1.165) is 28.7 Å². The van der Waals surface area contributed by atoms with Gasteiger partial charge in [-0.15, -0.1) is 0 Å². The van der Waals surface area contributed by atoms with Crippen molar-refractivity contribution in [2.75, 3.05) is 11.9 Å². The molecular formula is C37H37BrN8O3. The number of likely N-dealkylation sites (tertiary alicyclic amines) is 1. The summed E-state index contributed by atoms with van der Waals surface area (Å²) in [6.45, 7) is 8.39. The molecule has 5 aromatic rings. The molecule has 2 fully saturated rings. The zero-order valence-electron chi connectivity index (χ0n) is 27.8. The number of carbonyl (C=O) groups is 3. The molecule has 1 saturated carbocycles. The highest BCUT2D eigenvalue weighted by atomic mass is 79.9. The van der Waals surface area contributed by atoms with Crippen LogP contribution in [0.15, 0.2) is 71.6 Å². The minimum atomic E-state index is -0.687. The number of anilines is 1. The summed E-state index contributed by atoms with van der Waals surface area (Å²) in [7, 11) is 0. The molecule has 2 aliphatic rings. The summed E-state index contributed by atoms with van der Waals surface area (Å²) in [5, 5.41) is 11.9. The summed E-state index contributed by atoms with van der Waals surface area (Å²) in [5.74, 6) is 0.432. The number of aromatic nitrogens is 5. The second kappa shape index (κ2) is 12.9. The molecule has 7 rings (SSSR count). The van der Waals surface area contributed by atoms with Crippen molar-refractivity contribution in [3.63, 3.8) is 0 Å². The van der Waals surface area contributed by atoms with Crippen molar-refractivity contribution in [3.8, 4) is 11.1 Å². The predicted octanol–water partition coefficient (Wildman–Crippen LogP) is 5.57. The van der Waals surface area contributed by atoms with Gasteiger partial charge in [0.15, 0.2) is 5.78 Å². The Morgan fingerprint density at radius 3 is 2.45 bits per heavy atom. The molecule has 49 heavy (non-hydrogen) atoms. The molecule has 0 bridgehead atoms. The minimum Gasteiger partial charge on any atom is -0.325 e. The number of benzene rings is 2. The van der Waals surface area contributed by atoms with E-state index >= 15 is 0 Å². The van der Waals surface area contributed by atoms with E-state index in [-0.39, 0.29) is 35.6 Å². The van der Waals surface area contributed by atoms with E-state index in [4.69, 9.17) is 0 Å². The van der Waals surface area contributed by atoms with Gasteiger partial charge in [-0.25, -0.2) is 15.0 Å². The summed E-state index contributed by atoms with van der Waals surface area (Å²) in [6, 6.07) is 17.0. The zero-order valence-corrected chi connectivity index (χ0v) is 29.4. The molecule has 2 aromatic carbocycles. The number of hydrogen-bond donors (Lipinski definition) is 2. The summed E-state index contributed by atoms with van der Waals surface area (Å²) in [5.41, 5.74) is 5.31. The Balaban J connectivity index is 1.18. The zero-order chi connectivity index (χ0) is 34.4. The summed E-state index contributed by atoms with van der Waals surface area (Å²) >= 11 is 3.40. The molecule has 2 amide bonds. The van der Waals surface area contributed by atoms with E-state index < -0.39 is 6.04 Å². The Morgan fingerprint density at radius 2 is 1.71 bits per heavy atom. The highest BCUT2D eigenvalue weighted by Crippen LogP contribution is 2.59. The fraction of sp³-hybridized carbons (Fsp3) is 0.324. The maximum absolute atomic E-state index is 14.4. The number of carbonyl (C=O) groups excluding carboxylic acids is 3. The Kier molecular flexibility index (Phi) is 8.62. The van der Waals surface area contributed by atoms with Gasteiger partial charge in [-0.1, -0.05) is 36.4 Å². The number of amides is 2. The van der Waals surface area contributed by atoms with Crippen molar-refractivity contribution in [2.24, 2.45) is 5.41 Å². The number of nitrogens with zero attached hydrogens (tertiary/aromatic N) is 6. The highest BCUT2D eigenvalue weighted by molar-refractivity contribution is 9.10. The third-order valence-electron chi connectivity index (χ3n) is 9.73. The van der Waals surface area contributed by atoms with Crippen LogP contribution in [0.25, 0.3) is 22.0 Å². The Labute approximate surface area is 292 Å². The predicted molar refractivity (Wildman–Crippen MR) is 190 cm³/mol. The van der Waals surface area contributed by atoms with Crippen LogP contribution in [0.3, 0.4) is 0 Å². The number of Topliss-reactive ketones (excluding diaryl/α,β-unsaturated/α-hetero) is 1. The normalized spacial score (nSPS) is 19.6. The quantitative estimate of drug-likeness (QED) is 0.141. The van der Waals surface area contributed by atoms with Gasteiger partial charge >= 0.3 is 0 Å². The van der Waals surface area contributed by atoms with Crippen molar-refractivity contribution in [1.29, 1.82) is 0 Å². The van der Waals surface area contributed by atoms with Gasteiger partial charge in [-0.05, 0) is 90.0 Å². The van der Waals surface area contributed by atoms with E-state index in [1.165, 1.54) is 12.5 Å². The summed E-state index contributed by atoms with van der Waals surface area (Å²) < 4.78 is 2.22. The highest BCUT2D eigenvalue weighted by Gasteiger charge is 2.66. The lowest BCUT2D eigenvalue weighted by Gasteiger charge is -2.27. The first-order valence-electron chi connectivity index (χ1n) is 16.3. The van der Waals surface area contributed by atoms with Crippen molar-refractivity contribution in [2.45, 2.75) is 65.7 Å². The van der Waals surface area contributed by atoms with Gasteiger partial charge in [0.25, 0.3) is 0 Å². The fourth-order valence-electron chi connectivity index (χ4n) is 7.17. The monoisotopic (exact) mass is 720 g/mol. The molecule has 0 radical (unpaired) electrons. The molecule has 3 atom stereocenters. The van der Waals surface area contributed by atoms with Gasteiger partial charge in [0, 0.05) is 54.8 Å². The summed E-state index contributed by atoms with van der Waals surface area (Å²) in [4.78, 5) is 56.0. The Morgan fingerprint density at radius 1 is 0.959 bits per heavy atom. The third kappa shape index (κ3) is 6.38. The van der Waals surface area contributed by atoms with E-state index in [1.54, 1.807) is 22.0 Å². The second-order valence-electron chi connectivity index (χ2n) is 13.3. The topological polar surface area (TPSA) is 135 Å². The molecule has 0 spiro atoms. The molecule has 4 heterocycles. The number of halogens is 1. The molecular weight excluding hydrogens is 684 g/mol. The number of hydrogen-bond acceptors (Lipinski definition) is 8. The second-order valence-corrected chi connectivity index (χ2v) is 14.1. The van der Waals surface area contributed by atoms with E-state index in [1.807, 2.05) is 63.2 Å². The van der Waals surface area contributed by atoms with Gasteiger partial charge in [-0.2, -0.15) is 5.10 Å². The lowest BCUT2D eigenvalue weighted by molar-refractivity contribution is -0.138. The van der Waals surface area contributed by atoms with E-state index in [2.05, 4.69) is 58.7 Å². The largest absolute Gasteiger partial charge is 0.325 e. The van der Waals surface area contributed by atoms with Crippen molar-refractivity contribution < 1.29 is 14.4 Å². The van der Waals surface area contributed by atoms with Crippen LogP contribution in [0.4, 0.5) is 5.82 Å². The van der Waals surface area contributed by atoms with Crippen molar-refractivity contribution >= 4 is 50.2 Å². The third-order valence-corrected chi connectivity index (χ3v) is 10.2. The van der Waals surface area contributed by atoms with Gasteiger partial charge in [0.1, 0.15) is 34.5 Å². The average Bonchev–Trinajstić information content (AvgIpc) is 3.47. The van der Waals surface area contributed by atoms with Crippen molar-refractivity contribution in [3.05, 3.63) is 99.8 Å². The first-order chi connectivity index (χ1) is 23.5. The van der Waals surface area contributed by atoms with Crippen LogP contribution in [0.2, 0.25) is 0 Å². The number of piperidine rings is 1. The van der Waals surface area contributed by atoms with Crippen LogP contribution >= 0.6 is 15.9 Å². The standard InChI is InChI=1S/C37H37BrN8O3/c1-21-10-11-31(38)42-35(21)43-36(49)29-14-37(20-39-16-25-8-6-5-7-9-25)15-30(37)46(29)32(48)19-45-34-22(2)12-26(27-17-40-24(4)41-18-27)13-28(34)33(44-45)23(3)47/h5-13,17-18,29-30,39H,14-16,19-20H2,1-4H3,(H,42,43,49)/t29-,30+,37-/m0/s1. The van der Waals surface area contributed by atoms with E-state index in [9.17, 15) is 14.4 Å². The average molecular weight is 722 g/mol. The van der Waals surface area contributed by atoms with Crippen LogP contribution in [0, 0.1) is 26.2 Å². The molecule has 1 saturated heterocycles. The number of fused-ring (bicyclic) bond motifs is 2. The molecule has 3 aromatic heterocycles. The maximum atomic E-state index is 14.4. The van der Waals surface area contributed by atoms with E-state index in [0.29, 0.717) is 52.4 Å². The Hall–Kier alpha value is -4.81. The maximum Gasteiger partial charge on any atom is 0.248 e. The van der Waals surface area contributed by atoms with Gasteiger partial charge in [0.05, 0.1) is 5.52 Å². The number of rotatable bonds is 10.